The standard InChI is InChI=1S/C18H15N3/c1-3-10-21-16-9-8-12(2)11-13(16)17-18(21)20-15-7-5-4-6-14(15)19-17/h3-9,11H,1,10H2,2H3. The quantitative estimate of drug-likeness (QED) is 0.512. The second-order valence-electron chi connectivity index (χ2n) is 5.30. The highest BCUT2D eigenvalue weighted by Crippen LogP contribution is 2.28. The lowest BCUT2D eigenvalue weighted by atomic mass is 10.1. The largest absolute Gasteiger partial charge is 0.320 e. The molecule has 0 aliphatic rings. The molecule has 0 unspecified atom stereocenters. The van der Waals surface area contributed by atoms with Crippen molar-refractivity contribution in [3.63, 3.8) is 0 Å². The highest BCUT2D eigenvalue weighted by molar-refractivity contribution is 6.06. The molecule has 0 spiro atoms. The van der Waals surface area contributed by atoms with E-state index < -0.39 is 0 Å². The van der Waals surface area contributed by atoms with Crippen LogP contribution in [0.4, 0.5) is 0 Å². The molecule has 0 saturated heterocycles. The number of aromatic nitrogens is 3. The zero-order valence-electron chi connectivity index (χ0n) is 11.9. The predicted octanol–water partition coefficient (Wildman–Crippen LogP) is 4.23. The fourth-order valence-electron chi connectivity index (χ4n) is 2.86. The number of hydrogen-bond acceptors (Lipinski definition) is 2. The third kappa shape index (κ3) is 1.74. The van der Waals surface area contributed by atoms with Crippen LogP contribution in [0.25, 0.3) is 33.1 Å². The molecule has 21 heavy (non-hydrogen) atoms. The molecule has 0 aliphatic heterocycles. The maximum absolute atomic E-state index is 4.83. The topological polar surface area (TPSA) is 30.7 Å². The van der Waals surface area contributed by atoms with Gasteiger partial charge >= 0.3 is 0 Å². The lowest BCUT2D eigenvalue weighted by Crippen LogP contribution is -1.97. The number of para-hydroxylation sites is 2. The van der Waals surface area contributed by atoms with Crippen molar-refractivity contribution in [1.29, 1.82) is 0 Å². The SMILES string of the molecule is C=CCn1c2ccc(C)cc2c2nc3ccccc3nc21. The average molecular weight is 273 g/mol. The number of rotatable bonds is 2. The lowest BCUT2D eigenvalue weighted by molar-refractivity contribution is 0.887. The summed E-state index contributed by atoms with van der Waals surface area (Å²) < 4.78 is 2.18. The Labute approximate surface area is 122 Å². The summed E-state index contributed by atoms with van der Waals surface area (Å²) in [7, 11) is 0. The van der Waals surface area contributed by atoms with Crippen molar-refractivity contribution in [2.24, 2.45) is 0 Å². The van der Waals surface area contributed by atoms with Crippen LogP contribution in [0.15, 0.2) is 55.1 Å². The maximum Gasteiger partial charge on any atom is 0.160 e. The zero-order valence-corrected chi connectivity index (χ0v) is 11.9. The molecule has 0 atom stereocenters. The van der Waals surface area contributed by atoms with Crippen molar-refractivity contribution in [3.8, 4) is 0 Å². The number of fused-ring (bicyclic) bond motifs is 4. The number of nitrogens with zero attached hydrogens (tertiary/aromatic N) is 3. The predicted molar refractivity (Wildman–Crippen MR) is 87.5 cm³/mol. The highest BCUT2D eigenvalue weighted by atomic mass is 15.1. The molecule has 4 aromatic rings. The van der Waals surface area contributed by atoms with Gasteiger partial charge in [-0.3, -0.25) is 0 Å². The molecular formula is C18H15N3. The molecule has 0 radical (unpaired) electrons. The first-order valence-corrected chi connectivity index (χ1v) is 7.04. The van der Waals surface area contributed by atoms with Gasteiger partial charge in [-0.25, -0.2) is 9.97 Å². The van der Waals surface area contributed by atoms with E-state index in [1.807, 2.05) is 30.3 Å². The van der Waals surface area contributed by atoms with Crippen molar-refractivity contribution >= 4 is 33.1 Å². The summed E-state index contributed by atoms with van der Waals surface area (Å²) in [6, 6.07) is 14.4. The van der Waals surface area contributed by atoms with E-state index in [0.717, 1.165) is 39.6 Å². The molecule has 3 heteroatoms. The summed E-state index contributed by atoms with van der Waals surface area (Å²) in [5.74, 6) is 0. The number of benzene rings is 2. The maximum atomic E-state index is 4.83. The van der Waals surface area contributed by atoms with Gasteiger partial charge < -0.3 is 4.57 Å². The molecular weight excluding hydrogens is 258 g/mol. The van der Waals surface area contributed by atoms with Crippen LogP contribution >= 0.6 is 0 Å². The molecule has 2 aromatic heterocycles. The van der Waals surface area contributed by atoms with E-state index >= 15 is 0 Å². The lowest BCUT2D eigenvalue weighted by Gasteiger charge is -2.03. The minimum atomic E-state index is 0.732. The molecule has 4 rings (SSSR count). The van der Waals surface area contributed by atoms with Gasteiger partial charge in [-0.15, -0.1) is 6.58 Å². The molecule has 102 valence electrons. The van der Waals surface area contributed by atoms with E-state index in [1.165, 1.54) is 5.56 Å². The average Bonchev–Trinajstić information content (AvgIpc) is 2.79. The van der Waals surface area contributed by atoms with Crippen LogP contribution in [0.1, 0.15) is 5.56 Å². The summed E-state index contributed by atoms with van der Waals surface area (Å²) in [6.45, 7) is 6.69. The summed E-state index contributed by atoms with van der Waals surface area (Å²) in [6.07, 6.45) is 1.90. The Hall–Kier alpha value is -2.68. The van der Waals surface area contributed by atoms with E-state index in [0.29, 0.717) is 0 Å². The van der Waals surface area contributed by atoms with Crippen LogP contribution in [0, 0.1) is 6.92 Å². The molecule has 0 N–H and O–H groups in total. The van der Waals surface area contributed by atoms with Crippen LogP contribution in [-0.2, 0) is 6.54 Å². The Morgan fingerprint density at radius 1 is 1.10 bits per heavy atom. The van der Waals surface area contributed by atoms with Crippen molar-refractivity contribution < 1.29 is 0 Å². The first kappa shape index (κ1) is 12.1. The van der Waals surface area contributed by atoms with Gasteiger partial charge in [0, 0.05) is 11.9 Å². The Balaban J connectivity index is 2.24. The monoisotopic (exact) mass is 273 g/mol. The molecule has 0 amide bonds. The Kier molecular flexibility index (Phi) is 2.54. The van der Waals surface area contributed by atoms with Crippen LogP contribution in [0.5, 0.6) is 0 Å². The van der Waals surface area contributed by atoms with Crippen LogP contribution in [-0.4, -0.2) is 14.5 Å². The summed E-state index contributed by atoms with van der Waals surface area (Å²) in [5, 5.41) is 1.16. The van der Waals surface area contributed by atoms with Gasteiger partial charge in [0.15, 0.2) is 5.65 Å². The van der Waals surface area contributed by atoms with E-state index in [9.17, 15) is 0 Å². The molecule has 0 fully saturated rings. The summed E-state index contributed by atoms with van der Waals surface area (Å²) in [4.78, 5) is 9.65. The van der Waals surface area contributed by atoms with Gasteiger partial charge in [-0.2, -0.15) is 0 Å². The first-order valence-electron chi connectivity index (χ1n) is 7.04. The van der Waals surface area contributed by atoms with Gasteiger partial charge in [0.25, 0.3) is 0 Å². The van der Waals surface area contributed by atoms with Crippen LogP contribution < -0.4 is 0 Å². The summed E-state index contributed by atoms with van der Waals surface area (Å²) in [5.41, 5.74) is 6.14. The number of aryl methyl sites for hydroxylation is 1. The second-order valence-corrected chi connectivity index (χ2v) is 5.30. The molecule has 2 aromatic carbocycles. The third-order valence-corrected chi connectivity index (χ3v) is 3.82. The van der Waals surface area contributed by atoms with Crippen molar-refractivity contribution in [2.75, 3.05) is 0 Å². The second kappa shape index (κ2) is 4.42. The van der Waals surface area contributed by atoms with Crippen molar-refractivity contribution in [2.45, 2.75) is 13.5 Å². The Morgan fingerprint density at radius 2 is 1.86 bits per heavy atom. The Bertz CT molecular complexity index is 996. The first-order chi connectivity index (χ1) is 10.3. The molecule has 0 bridgehead atoms. The van der Waals surface area contributed by atoms with E-state index in [1.54, 1.807) is 0 Å². The fraction of sp³-hybridized carbons (Fsp3) is 0.111. The molecule has 3 nitrogen and oxygen atoms in total. The molecule has 2 heterocycles. The normalized spacial score (nSPS) is 11.5. The number of allylic oxidation sites excluding steroid dienone is 1. The van der Waals surface area contributed by atoms with Gasteiger partial charge in [-0.1, -0.05) is 29.8 Å². The van der Waals surface area contributed by atoms with E-state index in [-0.39, 0.29) is 0 Å². The minimum Gasteiger partial charge on any atom is -0.320 e. The van der Waals surface area contributed by atoms with Gasteiger partial charge in [-0.05, 0) is 31.2 Å². The fourth-order valence-corrected chi connectivity index (χ4v) is 2.86. The molecule has 0 saturated carbocycles. The van der Waals surface area contributed by atoms with Crippen LogP contribution in [0.3, 0.4) is 0 Å². The van der Waals surface area contributed by atoms with E-state index in [4.69, 9.17) is 9.97 Å². The minimum absolute atomic E-state index is 0.732. The van der Waals surface area contributed by atoms with Gasteiger partial charge in [0.05, 0.1) is 16.6 Å². The smallest absolute Gasteiger partial charge is 0.160 e. The van der Waals surface area contributed by atoms with Gasteiger partial charge in [0.2, 0.25) is 0 Å². The third-order valence-electron chi connectivity index (χ3n) is 3.82. The van der Waals surface area contributed by atoms with Crippen molar-refractivity contribution in [3.05, 3.63) is 60.7 Å². The van der Waals surface area contributed by atoms with E-state index in [2.05, 4.69) is 36.3 Å². The zero-order chi connectivity index (χ0) is 14.4. The van der Waals surface area contributed by atoms with Crippen LogP contribution in [0.2, 0.25) is 0 Å². The Morgan fingerprint density at radius 3 is 2.62 bits per heavy atom. The van der Waals surface area contributed by atoms with Gasteiger partial charge in [0.1, 0.15) is 5.52 Å². The summed E-state index contributed by atoms with van der Waals surface area (Å²) >= 11 is 0. The highest BCUT2D eigenvalue weighted by Gasteiger charge is 2.13. The van der Waals surface area contributed by atoms with Crippen molar-refractivity contribution in [1.82, 2.24) is 14.5 Å². The number of hydrogen-bond donors (Lipinski definition) is 0. The molecule has 0 aliphatic carbocycles.